The summed E-state index contributed by atoms with van der Waals surface area (Å²) in [4.78, 5) is 11.8. The largest absolute Gasteiger partial charge is 0.483 e. The highest BCUT2D eigenvalue weighted by Crippen LogP contribution is 2.20. The number of anilines is 1. The Morgan fingerprint density at radius 2 is 1.95 bits per heavy atom. The number of carbonyl (C=O) groups excluding carboxylic acids is 1. The van der Waals surface area contributed by atoms with Crippen molar-refractivity contribution in [3.63, 3.8) is 0 Å². The van der Waals surface area contributed by atoms with Gasteiger partial charge in [-0.05, 0) is 24.3 Å². The minimum atomic E-state index is -0.334. The first kappa shape index (κ1) is 14.9. The average molecular weight is 305 g/mol. The Labute approximate surface area is 126 Å². The Hall–Kier alpha value is -2.53. The molecule has 0 unspecified atom stereocenters. The number of para-hydroxylation sites is 2. The van der Waals surface area contributed by atoms with Crippen LogP contribution in [0, 0.1) is 0 Å². The van der Waals surface area contributed by atoms with Crippen molar-refractivity contribution in [1.29, 1.82) is 0 Å². The van der Waals surface area contributed by atoms with E-state index in [1.54, 1.807) is 48.5 Å². The topological polar surface area (TPSA) is 70.9 Å². The lowest BCUT2D eigenvalue weighted by Crippen LogP contribution is -2.20. The second-order valence-corrected chi connectivity index (χ2v) is 4.51. The van der Waals surface area contributed by atoms with Crippen molar-refractivity contribution in [1.82, 2.24) is 0 Å². The van der Waals surface area contributed by atoms with Crippen molar-refractivity contribution in [3.8, 4) is 5.75 Å². The number of hydrogen-bond acceptors (Lipinski definition) is 4. The van der Waals surface area contributed by atoms with E-state index in [0.29, 0.717) is 22.0 Å². The van der Waals surface area contributed by atoms with Crippen LogP contribution in [0.15, 0.2) is 53.7 Å². The Kier molecular flexibility index (Phi) is 5.17. The molecule has 21 heavy (non-hydrogen) atoms. The second kappa shape index (κ2) is 7.31. The number of hydrogen-bond donors (Lipinski definition) is 2. The van der Waals surface area contributed by atoms with Crippen molar-refractivity contribution < 1.29 is 14.7 Å². The summed E-state index contributed by atoms with van der Waals surface area (Å²) in [6.07, 6.45) is 1.24. The Bertz CT molecular complexity index is 659. The van der Waals surface area contributed by atoms with Crippen molar-refractivity contribution in [2.24, 2.45) is 5.16 Å². The third-order valence-corrected chi connectivity index (χ3v) is 2.95. The van der Waals surface area contributed by atoms with Gasteiger partial charge in [-0.1, -0.05) is 41.0 Å². The zero-order valence-electron chi connectivity index (χ0n) is 11.0. The molecule has 0 radical (unpaired) electrons. The van der Waals surface area contributed by atoms with E-state index >= 15 is 0 Å². The highest BCUT2D eigenvalue weighted by molar-refractivity contribution is 6.33. The number of nitrogens with one attached hydrogen (secondary N) is 1. The van der Waals surface area contributed by atoms with Crippen LogP contribution < -0.4 is 10.1 Å². The van der Waals surface area contributed by atoms with Crippen LogP contribution in [0.2, 0.25) is 5.02 Å². The molecule has 0 bridgehead atoms. The van der Waals surface area contributed by atoms with E-state index in [9.17, 15) is 4.79 Å². The molecule has 0 aliphatic heterocycles. The fourth-order valence-corrected chi connectivity index (χ4v) is 1.86. The van der Waals surface area contributed by atoms with Crippen molar-refractivity contribution in [3.05, 3.63) is 59.1 Å². The van der Waals surface area contributed by atoms with Gasteiger partial charge < -0.3 is 15.3 Å². The molecular formula is C15H13ClN2O3. The van der Waals surface area contributed by atoms with Crippen LogP contribution in [-0.2, 0) is 4.79 Å². The van der Waals surface area contributed by atoms with E-state index in [2.05, 4.69) is 10.5 Å². The molecule has 0 saturated heterocycles. The summed E-state index contributed by atoms with van der Waals surface area (Å²) in [5.41, 5.74) is 1.10. The first-order chi connectivity index (χ1) is 10.2. The van der Waals surface area contributed by atoms with Crippen LogP contribution in [0.3, 0.4) is 0 Å². The highest BCUT2D eigenvalue weighted by atomic mass is 35.5. The summed E-state index contributed by atoms with van der Waals surface area (Å²) in [6.45, 7) is -0.179. The molecule has 0 atom stereocenters. The van der Waals surface area contributed by atoms with Crippen LogP contribution in [0.4, 0.5) is 5.69 Å². The molecule has 2 aromatic carbocycles. The number of halogens is 1. The zero-order chi connectivity index (χ0) is 15.1. The summed E-state index contributed by atoms with van der Waals surface area (Å²) in [6, 6.07) is 13.9. The number of amides is 1. The summed E-state index contributed by atoms with van der Waals surface area (Å²) >= 11 is 5.95. The molecule has 0 fully saturated rings. The standard InChI is InChI=1S/C15H13ClN2O3/c16-12-6-2-3-7-13(12)18-15(19)10-21-14-8-4-1-5-11(14)9-17-20/h1-9,20H,10H2,(H,18,19)/b17-9+. The van der Waals surface area contributed by atoms with Crippen LogP contribution >= 0.6 is 11.6 Å². The van der Waals surface area contributed by atoms with Gasteiger partial charge in [0.1, 0.15) is 5.75 Å². The lowest BCUT2D eigenvalue weighted by molar-refractivity contribution is -0.118. The van der Waals surface area contributed by atoms with E-state index in [4.69, 9.17) is 21.5 Å². The lowest BCUT2D eigenvalue weighted by Gasteiger charge is -2.10. The highest BCUT2D eigenvalue weighted by Gasteiger charge is 2.07. The van der Waals surface area contributed by atoms with Gasteiger partial charge in [0, 0.05) is 5.56 Å². The maximum Gasteiger partial charge on any atom is 0.262 e. The lowest BCUT2D eigenvalue weighted by atomic mass is 10.2. The molecule has 0 saturated carbocycles. The molecule has 6 heteroatoms. The Morgan fingerprint density at radius 1 is 1.24 bits per heavy atom. The van der Waals surface area contributed by atoms with E-state index in [0.717, 1.165) is 0 Å². The molecule has 0 aliphatic rings. The first-order valence-corrected chi connectivity index (χ1v) is 6.52. The van der Waals surface area contributed by atoms with Crippen LogP contribution in [0.25, 0.3) is 0 Å². The van der Waals surface area contributed by atoms with Gasteiger partial charge in [-0.2, -0.15) is 0 Å². The Balaban J connectivity index is 1.97. The van der Waals surface area contributed by atoms with Gasteiger partial charge in [-0.3, -0.25) is 4.79 Å². The summed E-state index contributed by atoms with van der Waals surface area (Å²) in [5.74, 6) is 0.114. The molecule has 2 aromatic rings. The van der Waals surface area contributed by atoms with Crippen LogP contribution in [0.1, 0.15) is 5.56 Å². The Morgan fingerprint density at radius 3 is 2.71 bits per heavy atom. The number of rotatable bonds is 5. The third kappa shape index (κ3) is 4.22. The fourth-order valence-electron chi connectivity index (χ4n) is 1.67. The minimum absolute atomic E-state index is 0.179. The number of oxime groups is 1. The van der Waals surface area contributed by atoms with Gasteiger partial charge in [-0.15, -0.1) is 0 Å². The predicted molar refractivity (Wildman–Crippen MR) is 81.4 cm³/mol. The molecule has 2 rings (SSSR count). The van der Waals surface area contributed by atoms with E-state index in [1.807, 2.05) is 0 Å². The van der Waals surface area contributed by atoms with Crippen LogP contribution in [0.5, 0.6) is 5.75 Å². The normalized spacial score (nSPS) is 10.5. The maximum absolute atomic E-state index is 11.8. The molecule has 0 aliphatic carbocycles. The van der Waals surface area contributed by atoms with Gasteiger partial charge in [0.25, 0.3) is 5.91 Å². The summed E-state index contributed by atoms with van der Waals surface area (Å²) in [7, 11) is 0. The van der Waals surface area contributed by atoms with E-state index in [-0.39, 0.29) is 12.5 Å². The van der Waals surface area contributed by atoms with Gasteiger partial charge in [0.2, 0.25) is 0 Å². The number of benzene rings is 2. The van der Waals surface area contributed by atoms with Gasteiger partial charge in [-0.25, -0.2) is 0 Å². The number of ether oxygens (including phenoxy) is 1. The van der Waals surface area contributed by atoms with Gasteiger partial charge in [0.15, 0.2) is 6.61 Å². The SMILES string of the molecule is O=C(COc1ccccc1/C=N/O)Nc1ccccc1Cl. The zero-order valence-corrected chi connectivity index (χ0v) is 11.7. The molecule has 0 heterocycles. The molecule has 5 nitrogen and oxygen atoms in total. The second-order valence-electron chi connectivity index (χ2n) is 4.10. The minimum Gasteiger partial charge on any atom is -0.483 e. The van der Waals surface area contributed by atoms with Gasteiger partial charge in [0.05, 0.1) is 16.9 Å². The maximum atomic E-state index is 11.8. The van der Waals surface area contributed by atoms with Crippen molar-refractivity contribution in [2.45, 2.75) is 0 Å². The van der Waals surface area contributed by atoms with Crippen molar-refractivity contribution in [2.75, 3.05) is 11.9 Å². The molecule has 2 N–H and O–H groups in total. The quantitative estimate of drug-likeness (QED) is 0.506. The van der Waals surface area contributed by atoms with Crippen LogP contribution in [-0.4, -0.2) is 23.9 Å². The first-order valence-electron chi connectivity index (χ1n) is 6.14. The summed E-state index contributed by atoms with van der Waals surface area (Å²) in [5, 5.41) is 14.6. The predicted octanol–water partition coefficient (Wildman–Crippen LogP) is 3.17. The average Bonchev–Trinajstić information content (AvgIpc) is 2.49. The monoisotopic (exact) mass is 304 g/mol. The summed E-state index contributed by atoms with van der Waals surface area (Å²) < 4.78 is 5.41. The van der Waals surface area contributed by atoms with E-state index in [1.165, 1.54) is 6.21 Å². The van der Waals surface area contributed by atoms with Gasteiger partial charge >= 0.3 is 0 Å². The number of nitrogens with zero attached hydrogens (tertiary/aromatic N) is 1. The van der Waals surface area contributed by atoms with E-state index < -0.39 is 0 Å². The molecule has 108 valence electrons. The van der Waals surface area contributed by atoms with Crippen molar-refractivity contribution >= 4 is 29.4 Å². The molecule has 0 aromatic heterocycles. The molecule has 0 spiro atoms. The number of carbonyl (C=O) groups is 1. The molecule has 1 amide bonds. The smallest absolute Gasteiger partial charge is 0.262 e. The fraction of sp³-hybridized carbons (Fsp3) is 0.0667. The third-order valence-electron chi connectivity index (χ3n) is 2.62. The molecular weight excluding hydrogens is 292 g/mol.